The fourth-order valence-electron chi connectivity index (χ4n) is 3.30. The van der Waals surface area contributed by atoms with Gasteiger partial charge in [-0.25, -0.2) is 9.37 Å². The lowest BCUT2D eigenvalue weighted by Crippen LogP contribution is -2.46. The molecule has 1 aromatic carbocycles. The minimum atomic E-state index is -0.624. The van der Waals surface area contributed by atoms with Crippen molar-refractivity contribution >= 4 is 5.91 Å². The number of hydrogen-bond donors (Lipinski definition) is 1. The zero-order valence-electron chi connectivity index (χ0n) is 15.5. The van der Waals surface area contributed by atoms with Crippen LogP contribution in [0.25, 0.3) is 11.1 Å². The second-order valence-electron chi connectivity index (χ2n) is 6.80. The summed E-state index contributed by atoms with van der Waals surface area (Å²) in [7, 11) is 0. The van der Waals surface area contributed by atoms with Gasteiger partial charge in [0.05, 0.1) is 18.4 Å². The summed E-state index contributed by atoms with van der Waals surface area (Å²) >= 11 is 0. The van der Waals surface area contributed by atoms with Gasteiger partial charge in [-0.2, -0.15) is 0 Å². The standard InChI is InChI=1S/C20H24FN3O3/c1-13-11-24(12-14(2)27-13)7-8-26-19-10-23-18(20(22)25)9-17(19)15-3-5-16(21)6-4-15/h3-6,9-10,13-14H,7-8,11-12H2,1-2H3,(H2,22,25). The van der Waals surface area contributed by atoms with E-state index in [2.05, 4.69) is 23.7 Å². The van der Waals surface area contributed by atoms with E-state index in [0.717, 1.165) is 25.2 Å². The molecule has 2 atom stereocenters. The molecule has 7 heteroatoms. The van der Waals surface area contributed by atoms with Crippen LogP contribution in [0.15, 0.2) is 36.5 Å². The Hall–Kier alpha value is -2.51. The number of hydrogen-bond acceptors (Lipinski definition) is 5. The first kappa shape index (κ1) is 19.3. The van der Waals surface area contributed by atoms with Gasteiger partial charge in [-0.1, -0.05) is 12.1 Å². The summed E-state index contributed by atoms with van der Waals surface area (Å²) in [5.41, 5.74) is 6.86. The van der Waals surface area contributed by atoms with E-state index in [0.29, 0.717) is 17.9 Å². The summed E-state index contributed by atoms with van der Waals surface area (Å²) in [5, 5.41) is 0. The van der Waals surface area contributed by atoms with Crippen molar-refractivity contribution in [1.82, 2.24) is 9.88 Å². The van der Waals surface area contributed by atoms with Crippen LogP contribution in [0.5, 0.6) is 5.75 Å². The molecule has 1 aliphatic rings. The number of carbonyl (C=O) groups excluding carboxylic acids is 1. The van der Waals surface area contributed by atoms with E-state index in [1.54, 1.807) is 18.2 Å². The second kappa shape index (κ2) is 8.45. The molecule has 3 rings (SSSR count). The second-order valence-corrected chi connectivity index (χ2v) is 6.80. The predicted octanol–water partition coefficient (Wildman–Crippen LogP) is 2.47. The summed E-state index contributed by atoms with van der Waals surface area (Å²) < 4.78 is 24.9. The minimum Gasteiger partial charge on any atom is -0.490 e. The number of carbonyl (C=O) groups is 1. The Morgan fingerprint density at radius 3 is 2.59 bits per heavy atom. The van der Waals surface area contributed by atoms with E-state index in [4.69, 9.17) is 15.2 Å². The predicted molar refractivity (Wildman–Crippen MR) is 100 cm³/mol. The van der Waals surface area contributed by atoms with E-state index in [-0.39, 0.29) is 23.7 Å². The Morgan fingerprint density at radius 2 is 1.96 bits per heavy atom. The molecule has 0 saturated carbocycles. The first-order valence-electron chi connectivity index (χ1n) is 8.99. The number of primary amides is 1. The van der Waals surface area contributed by atoms with Crippen LogP contribution < -0.4 is 10.5 Å². The van der Waals surface area contributed by atoms with Crippen molar-refractivity contribution < 1.29 is 18.7 Å². The van der Waals surface area contributed by atoms with Gasteiger partial charge in [-0.05, 0) is 37.6 Å². The van der Waals surface area contributed by atoms with Crippen molar-refractivity contribution in [2.75, 3.05) is 26.2 Å². The van der Waals surface area contributed by atoms with Crippen LogP contribution >= 0.6 is 0 Å². The number of amides is 1. The van der Waals surface area contributed by atoms with E-state index < -0.39 is 5.91 Å². The van der Waals surface area contributed by atoms with Crippen molar-refractivity contribution in [2.45, 2.75) is 26.1 Å². The largest absolute Gasteiger partial charge is 0.490 e. The summed E-state index contributed by atoms with van der Waals surface area (Å²) in [6, 6.07) is 7.56. The molecule has 0 aliphatic carbocycles. The number of nitrogens with zero attached hydrogens (tertiary/aromatic N) is 2. The summed E-state index contributed by atoms with van der Waals surface area (Å²) in [6.45, 7) is 7.05. The molecule has 1 aliphatic heterocycles. The van der Waals surface area contributed by atoms with Crippen molar-refractivity contribution in [3.63, 3.8) is 0 Å². The van der Waals surface area contributed by atoms with Crippen LogP contribution in [-0.4, -0.2) is 54.2 Å². The highest BCUT2D eigenvalue weighted by atomic mass is 19.1. The summed E-state index contributed by atoms with van der Waals surface area (Å²) in [4.78, 5) is 17.8. The summed E-state index contributed by atoms with van der Waals surface area (Å²) in [6.07, 6.45) is 1.88. The van der Waals surface area contributed by atoms with Crippen LogP contribution in [0.3, 0.4) is 0 Å². The van der Waals surface area contributed by atoms with Crippen LogP contribution in [0, 0.1) is 5.82 Å². The molecule has 2 unspecified atom stereocenters. The van der Waals surface area contributed by atoms with Crippen molar-refractivity contribution in [3.05, 3.63) is 48.0 Å². The van der Waals surface area contributed by atoms with Gasteiger partial charge in [0.1, 0.15) is 23.9 Å². The highest BCUT2D eigenvalue weighted by molar-refractivity contribution is 5.92. The Labute approximate surface area is 158 Å². The molecule has 2 N–H and O–H groups in total. The smallest absolute Gasteiger partial charge is 0.267 e. The highest BCUT2D eigenvalue weighted by Gasteiger charge is 2.22. The molecule has 2 aromatic rings. The maximum Gasteiger partial charge on any atom is 0.267 e. The molecular weight excluding hydrogens is 349 g/mol. The van der Waals surface area contributed by atoms with Crippen LogP contribution in [0.2, 0.25) is 0 Å². The van der Waals surface area contributed by atoms with Crippen molar-refractivity contribution in [2.24, 2.45) is 5.73 Å². The van der Waals surface area contributed by atoms with Crippen molar-refractivity contribution in [1.29, 1.82) is 0 Å². The zero-order chi connectivity index (χ0) is 19.4. The van der Waals surface area contributed by atoms with Crippen LogP contribution in [0.1, 0.15) is 24.3 Å². The molecular formula is C20H24FN3O3. The average molecular weight is 373 g/mol. The van der Waals surface area contributed by atoms with Gasteiger partial charge in [-0.15, -0.1) is 0 Å². The molecule has 0 bridgehead atoms. The SMILES string of the molecule is CC1CN(CCOc2cnc(C(N)=O)cc2-c2ccc(F)cc2)CC(C)O1. The van der Waals surface area contributed by atoms with Gasteiger partial charge < -0.3 is 15.2 Å². The quantitative estimate of drug-likeness (QED) is 0.842. The number of ether oxygens (including phenoxy) is 2. The number of nitrogens with two attached hydrogens (primary N) is 1. The maximum absolute atomic E-state index is 13.2. The molecule has 1 amide bonds. The molecule has 1 aromatic heterocycles. The Kier molecular flexibility index (Phi) is 6.03. The van der Waals surface area contributed by atoms with Gasteiger partial charge in [0.15, 0.2) is 0 Å². The van der Waals surface area contributed by atoms with E-state index >= 15 is 0 Å². The summed E-state index contributed by atoms with van der Waals surface area (Å²) in [5.74, 6) is -0.428. The first-order valence-corrected chi connectivity index (χ1v) is 8.99. The number of benzene rings is 1. The average Bonchev–Trinajstić information content (AvgIpc) is 2.62. The lowest BCUT2D eigenvalue weighted by atomic mass is 10.0. The van der Waals surface area contributed by atoms with Gasteiger partial charge >= 0.3 is 0 Å². The minimum absolute atomic E-state index is 0.137. The molecule has 6 nitrogen and oxygen atoms in total. The van der Waals surface area contributed by atoms with Crippen LogP contribution in [0.4, 0.5) is 4.39 Å². The van der Waals surface area contributed by atoms with E-state index in [1.165, 1.54) is 18.3 Å². The van der Waals surface area contributed by atoms with Crippen molar-refractivity contribution in [3.8, 4) is 16.9 Å². The number of pyridine rings is 1. The van der Waals surface area contributed by atoms with E-state index in [9.17, 15) is 9.18 Å². The molecule has 27 heavy (non-hydrogen) atoms. The third kappa shape index (κ3) is 5.02. The van der Waals surface area contributed by atoms with Crippen LogP contribution in [-0.2, 0) is 4.74 Å². The Balaban J connectivity index is 1.74. The number of halogens is 1. The topological polar surface area (TPSA) is 77.7 Å². The monoisotopic (exact) mass is 373 g/mol. The molecule has 1 fully saturated rings. The van der Waals surface area contributed by atoms with Gasteiger partial charge in [0.25, 0.3) is 5.91 Å². The third-order valence-corrected chi connectivity index (χ3v) is 4.44. The normalized spacial score (nSPS) is 20.4. The van der Waals surface area contributed by atoms with E-state index in [1.807, 2.05) is 0 Å². The molecule has 0 spiro atoms. The lowest BCUT2D eigenvalue weighted by molar-refractivity contribution is -0.0699. The molecule has 1 saturated heterocycles. The Bertz CT molecular complexity index is 788. The van der Waals surface area contributed by atoms with Gasteiger partial charge in [0, 0.05) is 25.2 Å². The third-order valence-electron chi connectivity index (χ3n) is 4.44. The maximum atomic E-state index is 13.2. The number of rotatable bonds is 6. The fourth-order valence-corrected chi connectivity index (χ4v) is 3.30. The fraction of sp³-hybridized carbons (Fsp3) is 0.400. The van der Waals surface area contributed by atoms with Gasteiger partial charge in [-0.3, -0.25) is 9.69 Å². The zero-order valence-corrected chi connectivity index (χ0v) is 15.5. The number of aromatic nitrogens is 1. The molecule has 2 heterocycles. The lowest BCUT2D eigenvalue weighted by Gasteiger charge is -2.35. The highest BCUT2D eigenvalue weighted by Crippen LogP contribution is 2.30. The van der Waals surface area contributed by atoms with Gasteiger partial charge in [0.2, 0.25) is 0 Å². The molecule has 144 valence electrons. The first-order chi connectivity index (χ1) is 12.9. The Morgan fingerprint density at radius 1 is 1.30 bits per heavy atom. The molecule has 0 radical (unpaired) electrons. The number of morpholine rings is 1.